The van der Waals surface area contributed by atoms with Crippen molar-refractivity contribution in [1.29, 1.82) is 0 Å². The summed E-state index contributed by atoms with van der Waals surface area (Å²) in [6.45, 7) is 0. The second kappa shape index (κ2) is 6.88. The average molecular weight is 380 g/mol. The molecule has 9 heteroatoms. The van der Waals surface area contributed by atoms with Crippen LogP contribution in [0.15, 0.2) is 46.0 Å². The van der Waals surface area contributed by atoms with Crippen molar-refractivity contribution < 1.29 is 19.9 Å². The number of hydrazone groups is 1. The maximum Gasteiger partial charge on any atom is 0.311 e. The van der Waals surface area contributed by atoms with E-state index in [0.29, 0.717) is 10.0 Å². The number of carbonyl (C=O) groups is 1. The van der Waals surface area contributed by atoms with Crippen LogP contribution < -0.4 is 5.43 Å². The first kappa shape index (κ1) is 16.4. The molecule has 3 N–H and O–H groups in total. The van der Waals surface area contributed by atoms with Crippen LogP contribution in [-0.4, -0.2) is 27.3 Å². The number of hydrogen-bond acceptors (Lipinski definition) is 6. The molecule has 0 saturated carbocycles. The smallest absolute Gasteiger partial charge is 0.311 e. The first-order valence-corrected chi connectivity index (χ1v) is 6.97. The van der Waals surface area contributed by atoms with Gasteiger partial charge in [-0.05, 0) is 30.3 Å². The van der Waals surface area contributed by atoms with Gasteiger partial charge in [-0.1, -0.05) is 15.9 Å². The number of nitro benzene ring substituents is 1. The van der Waals surface area contributed by atoms with Crippen LogP contribution in [0.25, 0.3) is 0 Å². The lowest BCUT2D eigenvalue weighted by Gasteiger charge is -2.03. The lowest BCUT2D eigenvalue weighted by molar-refractivity contribution is -0.385. The molecule has 0 unspecified atom stereocenters. The van der Waals surface area contributed by atoms with E-state index in [4.69, 9.17) is 0 Å². The molecule has 1 amide bonds. The van der Waals surface area contributed by atoms with Crippen molar-refractivity contribution in [1.82, 2.24) is 5.43 Å². The molecular formula is C14H10BrN3O5. The number of nitro groups is 1. The van der Waals surface area contributed by atoms with Crippen molar-refractivity contribution in [2.45, 2.75) is 0 Å². The van der Waals surface area contributed by atoms with E-state index in [9.17, 15) is 25.1 Å². The molecule has 2 aromatic rings. The number of nitrogens with one attached hydrogen (secondary N) is 1. The van der Waals surface area contributed by atoms with Crippen LogP contribution in [0, 0.1) is 10.1 Å². The van der Waals surface area contributed by atoms with Gasteiger partial charge in [0.15, 0.2) is 5.75 Å². The summed E-state index contributed by atoms with van der Waals surface area (Å²) in [5, 5.41) is 33.3. The largest absolute Gasteiger partial charge is 0.507 e. The Morgan fingerprint density at radius 2 is 1.91 bits per heavy atom. The number of halogens is 1. The summed E-state index contributed by atoms with van der Waals surface area (Å²) in [5.74, 6) is -1.32. The molecule has 0 aromatic heterocycles. The number of rotatable bonds is 4. The molecular weight excluding hydrogens is 370 g/mol. The van der Waals surface area contributed by atoms with Crippen LogP contribution in [0.4, 0.5) is 5.69 Å². The summed E-state index contributed by atoms with van der Waals surface area (Å²) in [6, 6.07) is 8.01. The molecule has 0 aliphatic carbocycles. The predicted molar refractivity (Wildman–Crippen MR) is 85.6 cm³/mol. The Hall–Kier alpha value is -2.94. The molecule has 0 heterocycles. The fourth-order valence-corrected chi connectivity index (χ4v) is 2.04. The van der Waals surface area contributed by atoms with Crippen LogP contribution in [0.2, 0.25) is 0 Å². The van der Waals surface area contributed by atoms with Crippen molar-refractivity contribution >= 4 is 33.7 Å². The van der Waals surface area contributed by atoms with Gasteiger partial charge in [-0.15, -0.1) is 0 Å². The van der Waals surface area contributed by atoms with Gasteiger partial charge in [0, 0.05) is 16.1 Å². The minimum absolute atomic E-state index is 0.0215. The molecule has 8 nitrogen and oxygen atoms in total. The molecule has 0 radical (unpaired) electrons. The van der Waals surface area contributed by atoms with Crippen LogP contribution in [0.5, 0.6) is 11.5 Å². The summed E-state index contributed by atoms with van der Waals surface area (Å²) in [7, 11) is 0. The summed E-state index contributed by atoms with van der Waals surface area (Å²) in [5.41, 5.74) is 2.06. The minimum Gasteiger partial charge on any atom is -0.507 e. The van der Waals surface area contributed by atoms with Crippen LogP contribution in [-0.2, 0) is 0 Å². The van der Waals surface area contributed by atoms with Gasteiger partial charge in [-0.2, -0.15) is 5.10 Å². The van der Waals surface area contributed by atoms with E-state index in [1.165, 1.54) is 24.4 Å². The topological polar surface area (TPSA) is 125 Å². The fraction of sp³-hybridized carbons (Fsp3) is 0. The van der Waals surface area contributed by atoms with E-state index in [2.05, 4.69) is 26.5 Å². The number of phenolic OH excluding ortho intramolecular Hbond substituents is 2. The van der Waals surface area contributed by atoms with Crippen LogP contribution >= 0.6 is 15.9 Å². The molecule has 0 spiro atoms. The number of aromatic hydroxyl groups is 2. The van der Waals surface area contributed by atoms with E-state index in [1.54, 1.807) is 6.07 Å². The highest BCUT2D eigenvalue weighted by molar-refractivity contribution is 9.10. The standard InChI is InChI=1S/C14H10BrN3O5/c15-9-2-4-12(19)10(6-9)14(21)17-16-7-8-1-3-13(20)11(5-8)18(22)23/h1-7,19-20H,(H,17,21)/b16-7+. The number of carbonyl (C=O) groups excluding carboxylic acids is 1. The van der Waals surface area contributed by atoms with Crippen molar-refractivity contribution in [2.75, 3.05) is 0 Å². The Kier molecular flexibility index (Phi) is 4.91. The van der Waals surface area contributed by atoms with E-state index in [1.807, 2.05) is 0 Å². The average Bonchev–Trinajstić information content (AvgIpc) is 2.51. The molecule has 0 aliphatic heterocycles. The summed E-state index contributed by atoms with van der Waals surface area (Å²) >= 11 is 3.18. The predicted octanol–water partition coefficient (Wildman–Crippen LogP) is 2.53. The maximum absolute atomic E-state index is 11.9. The highest BCUT2D eigenvalue weighted by Gasteiger charge is 2.13. The van der Waals surface area contributed by atoms with E-state index in [-0.39, 0.29) is 11.3 Å². The van der Waals surface area contributed by atoms with Crippen molar-refractivity contribution in [3.8, 4) is 11.5 Å². The lowest BCUT2D eigenvalue weighted by atomic mass is 10.2. The summed E-state index contributed by atoms with van der Waals surface area (Å²) in [6.07, 6.45) is 1.18. The lowest BCUT2D eigenvalue weighted by Crippen LogP contribution is -2.17. The van der Waals surface area contributed by atoms with Gasteiger partial charge < -0.3 is 10.2 Å². The maximum atomic E-state index is 11.9. The number of nitrogens with zero attached hydrogens (tertiary/aromatic N) is 2. The summed E-state index contributed by atoms with van der Waals surface area (Å²) in [4.78, 5) is 21.9. The van der Waals surface area contributed by atoms with Crippen LogP contribution in [0.3, 0.4) is 0 Å². The molecule has 0 fully saturated rings. The third kappa shape index (κ3) is 4.04. The number of amides is 1. The first-order chi connectivity index (χ1) is 10.9. The molecule has 2 aromatic carbocycles. The fourth-order valence-electron chi connectivity index (χ4n) is 1.68. The monoisotopic (exact) mass is 379 g/mol. The van der Waals surface area contributed by atoms with Crippen molar-refractivity contribution in [2.24, 2.45) is 5.10 Å². The molecule has 0 atom stereocenters. The SMILES string of the molecule is O=C(N/N=C/c1ccc(O)c([N+](=O)[O-])c1)c1cc(Br)ccc1O. The molecule has 2 rings (SSSR count). The quantitative estimate of drug-likeness (QED) is 0.427. The van der Waals surface area contributed by atoms with Crippen LogP contribution in [0.1, 0.15) is 15.9 Å². The number of hydrogen-bond donors (Lipinski definition) is 3. The zero-order valence-corrected chi connectivity index (χ0v) is 13.0. The third-order valence-electron chi connectivity index (χ3n) is 2.78. The molecule has 118 valence electrons. The summed E-state index contributed by atoms with van der Waals surface area (Å²) < 4.78 is 0.610. The Morgan fingerprint density at radius 3 is 2.61 bits per heavy atom. The van der Waals surface area contributed by atoms with Gasteiger partial charge in [-0.3, -0.25) is 14.9 Å². The Labute approximate surface area is 138 Å². The third-order valence-corrected chi connectivity index (χ3v) is 3.27. The molecule has 0 aliphatic rings. The second-order valence-corrected chi connectivity index (χ2v) is 5.28. The Morgan fingerprint density at radius 1 is 1.22 bits per heavy atom. The highest BCUT2D eigenvalue weighted by Crippen LogP contribution is 2.25. The minimum atomic E-state index is -0.731. The Bertz CT molecular complexity index is 807. The van der Waals surface area contributed by atoms with E-state index < -0.39 is 22.3 Å². The second-order valence-electron chi connectivity index (χ2n) is 4.37. The van der Waals surface area contributed by atoms with Gasteiger partial charge >= 0.3 is 5.69 Å². The number of benzene rings is 2. The van der Waals surface area contributed by atoms with Gasteiger partial charge in [0.1, 0.15) is 5.75 Å². The highest BCUT2D eigenvalue weighted by atomic mass is 79.9. The molecule has 23 heavy (non-hydrogen) atoms. The first-order valence-electron chi connectivity index (χ1n) is 6.18. The van der Waals surface area contributed by atoms with E-state index >= 15 is 0 Å². The normalized spacial score (nSPS) is 10.7. The zero-order chi connectivity index (χ0) is 17.0. The Balaban J connectivity index is 2.13. The van der Waals surface area contributed by atoms with E-state index in [0.717, 1.165) is 12.1 Å². The molecule has 0 bridgehead atoms. The number of phenols is 2. The van der Waals surface area contributed by atoms with Crippen molar-refractivity contribution in [3.63, 3.8) is 0 Å². The molecule has 0 saturated heterocycles. The van der Waals surface area contributed by atoms with Crippen molar-refractivity contribution in [3.05, 3.63) is 62.1 Å². The van der Waals surface area contributed by atoms with Gasteiger partial charge in [0.25, 0.3) is 5.91 Å². The van der Waals surface area contributed by atoms with Gasteiger partial charge in [0.05, 0.1) is 16.7 Å². The van der Waals surface area contributed by atoms with Gasteiger partial charge in [-0.25, -0.2) is 5.43 Å². The van der Waals surface area contributed by atoms with Gasteiger partial charge in [0.2, 0.25) is 0 Å². The zero-order valence-electron chi connectivity index (χ0n) is 11.4.